The zero-order chi connectivity index (χ0) is 15.6. The number of carbonyl (C=O) groups excluding carboxylic acids is 1. The molecule has 1 N–H and O–H groups in total. The molecule has 3 heteroatoms. The highest BCUT2D eigenvalue weighted by Crippen LogP contribution is 2.43. The molecule has 1 aliphatic carbocycles. The molecule has 0 radical (unpaired) electrons. The van der Waals surface area contributed by atoms with Gasteiger partial charge in [-0.15, -0.1) is 0 Å². The van der Waals surface area contributed by atoms with Gasteiger partial charge in [-0.2, -0.15) is 0 Å². The van der Waals surface area contributed by atoms with Gasteiger partial charge in [-0.1, -0.05) is 41.0 Å². The van der Waals surface area contributed by atoms with E-state index < -0.39 is 11.5 Å². The van der Waals surface area contributed by atoms with Gasteiger partial charge in [0.25, 0.3) is 0 Å². The Bertz CT molecular complexity index is 330. The molecule has 0 bridgehead atoms. The molecular formula is C17H32O3. The van der Waals surface area contributed by atoms with Crippen molar-refractivity contribution >= 4 is 5.97 Å². The van der Waals surface area contributed by atoms with Crippen LogP contribution in [0.4, 0.5) is 0 Å². The van der Waals surface area contributed by atoms with Crippen molar-refractivity contribution in [2.75, 3.05) is 7.11 Å². The minimum Gasteiger partial charge on any atom is -0.469 e. The van der Waals surface area contributed by atoms with E-state index in [9.17, 15) is 9.90 Å². The lowest BCUT2D eigenvalue weighted by atomic mass is 9.73. The van der Waals surface area contributed by atoms with Crippen molar-refractivity contribution in [2.45, 2.75) is 72.3 Å². The second-order valence-corrected chi connectivity index (χ2v) is 7.84. The predicted octanol–water partition coefficient (Wildman–Crippen LogP) is 3.79. The van der Waals surface area contributed by atoms with E-state index in [0.29, 0.717) is 18.8 Å². The average Bonchev–Trinajstić information content (AvgIpc) is 2.50. The van der Waals surface area contributed by atoms with Crippen molar-refractivity contribution in [1.29, 1.82) is 0 Å². The summed E-state index contributed by atoms with van der Waals surface area (Å²) in [4.78, 5) is 12.1. The molecular weight excluding hydrogens is 252 g/mol. The minimum absolute atomic E-state index is 0.0960. The molecule has 0 saturated heterocycles. The first-order valence-electron chi connectivity index (χ1n) is 7.92. The van der Waals surface area contributed by atoms with Gasteiger partial charge in [0.1, 0.15) is 0 Å². The van der Waals surface area contributed by atoms with Crippen LogP contribution in [0.5, 0.6) is 0 Å². The molecule has 0 aromatic heterocycles. The molecule has 3 unspecified atom stereocenters. The molecule has 1 rings (SSSR count). The molecule has 1 fully saturated rings. The van der Waals surface area contributed by atoms with Crippen molar-refractivity contribution in [3.05, 3.63) is 0 Å². The van der Waals surface area contributed by atoms with E-state index in [2.05, 4.69) is 20.8 Å². The SMILES string of the molecule is COC(=O)C(C(C)C)C1(O)CCCC(C(C)(C)C)CC1. The smallest absolute Gasteiger partial charge is 0.311 e. The van der Waals surface area contributed by atoms with E-state index in [1.165, 1.54) is 7.11 Å². The maximum atomic E-state index is 12.1. The summed E-state index contributed by atoms with van der Waals surface area (Å²) in [5, 5.41) is 11.1. The summed E-state index contributed by atoms with van der Waals surface area (Å²) in [6.45, 7) is 10.8. The molecule has 1 aliphatic rings. The summed E-state index contributed by atoms with van der Waals surface area (Å²) < 4.78 is 4.93. The predicted molar refractivity (Wildman–Crippen MR) is 81.3 cm³/mol. The summed E-state index contributed by atoms with van der Waals surface area (Å²) in [7, 11) is 1.41. The molecule has 0 aliphatic heterocycles. The Hall–Kier alpha value is -0.570. The third kappa shape index (κ3) is 3.97. The highest BCUT2D eigenvalue weighted by molar-refractivity contribution is 5.74. The molecule has 1 saturated carbocycles. The Morgan fingerprint density at radius 3 is 2.30 bits per heavy atom. The number of methoxy groups -OCH3 is 1. The second kappa shape index (κ2) is 6.46. The van der Waals surface area contributed by atoms with Gasteiger partial charge in [0.05, 0.1) is 18.6 Å². The summed E-state index contributed by atoms with van der Waals surface area (Å²) >= 11 is 0. The number of ether oxygens (including phenoxy) is 1. The van der Waals surface area contributed by atoms with Crippen LogP contribution in [-0.4, -0.2) is 23.8 Å². The topological polar surface area (TPSA) is 46.5 Å². The van der Waals surface area contributed by atoms with Gasteiger partial charge in [-0.05, 0) is 42.9 Å². The van der Waals surface area contributed by atoms with E-state index in [1.54, 1.807) is 0 Å². The third-order valence-electron chi connectivity index (χ3n) is 5.01. The fourth-order valence-corrected chi connectivity index (χ4v) is 3.76. The monoisotopic (exact) mass is 284 g/mol. The molecule has 0 aromatic carbocycles. The van der Waals surface area contributed by atoms with Gasteiger partial charge in [-0.3, -0.25) is 4.79 Å². The van der Waals surface area contributed by atoms with E-state index in [4.69, 9.17) is 4.74 Å². The highest BCUT2D eigenvalue weighted by Gasteiger charge is 2.45. The minimum atomic E-state index is -0.902. The molecule has 3 nitrogen and oxygen atoms in total. The normalized spacial score (nSPS) is 29.9. The molecule has 118 valence electrons. The molecule has 0 amide bonds. The van der Waals surface area contributed by atoms with Crippen molar-refractivity contribution in [3.63, 3.8) is 0 Å². The maximum absolute atomic E-state index is 12.1. The summed E-state index contributed by atoms with van der Waals surface area (Å²) in [5.74, 6) is 0.0311. The Balaban J connectivity index is 2.90. The number of esters is 1. The van der Waals surface area contributed by atoms with Gasteiger partial charge in [0.15, 0.2) is 0 Å². The zero-order valence-corrected chi connectivity index (χ0v) is 14.0. The van der Waals surface area contributed by atoms with Gasteiger partial charge in [0, 0.05) is 0 Å². The van der Waals surface area contributed by atoms with Gasteiger partial charge < -0.3 is 9.84 Å². The number of hydrogen-bond donors (Lipinski definition) is 1. The first-order valence-corrected chi connectivity index (χ1v) is 7.92. The molecule has 20 heavy (non-hydrogen) atoms. The fourth-order valence-electron chi connectivity index (χ4n) is 3.76. The van der Waals surface area contributed by atoms with Crippen LogP contribution in [-0.2, 0) is 9.53 Å². The zero-order valence-electron chi connectivity index (χ0n) is 14.0. The average molecular weight is 284 g/mol. The lowest BCUT2D eigenvalue weighted by molar-refractivity contribution is -0.160. The van der Waals surface area contributed by atoms with Crippen LogP contribution >= 0.6 is 0 Å². The van der Waals surface area contributed by atoms with Crippen LogP contribution in [0, 0.1) is 23.2 Å². The summed E-state index contributed by atoms with van der Waals surface area (Å²) in [6.07, 6.45) is 4.51. The van der Waals surface area contributed by atoms with Crippen molar-refractivity contribution in [1.82, 2.24) is 0 Å². The van der Waals surface area contributed by atoms with E-state index in [0.717, 1.165) is 19.3 Å². The molecule has 0 aromatic rings. The molecule has 0 heterocycles. The number of rotatable bonds is 3. The lowest BCUT2D eigenvalue weighted by Gasteiger charge is -2.36. The number of carbonyl (C=O) groups is 1. The third-order valence-corrected chi connectivity index (χ3v) is 5.01. The van der Waals surface area contributed by atoms with Crippen LogP contribution in [0.2, 0.25) is 0 Å². The Morgan fingerprint density at radius 1 is 1.25 bits per heavy atom. The van der Waals surface area contributed by atoms with Crippen molar-refractivity contribution < 1.29 is 14.6 Å². The van der Waals surface area contributed by atoms with Crippen molar-refractivity contribution in [2.24, 2.45) is 23.2 Å². The van der Waals surface area contributed by atoms with Gasteiger partial charge in [0.2, 0.25) is 0 Å². The van der Waals surface area contributed by atoms with Gasteiger partial charge >= 0.3 is 5.97 Å². The number of aliphatic hydroxyl groups is 1. The van der Waals surface area contributed by atoms with Crippen LogP contribution in [0.15, 0.2) is 0 Å². The maximum Gasteiger partial charge on any atom is 0.311 e. The second-order valence-electron chi connectivity index (χ2n) is 7.84. The number of hydrogen-bond acceptors (Lipinski definition) is 3. The summed E-state index contributed by atoms with van der Waals surface area (Å²) in [5.41, 5.74) is -0.634. The van der Waals surface area contributed by atoms with Gasteiger partial charge in [-0.25, -0.2) is 0 Å². The highest BCUT2D eigenvalue weighted by atomic mass is 16.5. The van der Waals surface area contributed by atoms with Crippen LogP contribution in [0.25, 0.3) is 0 Å². The van der Waals surface area contributed by atoms with E-state index >= 15 is 0 Å². The van der Waals surface area contributed by atoms with E-state index in [-0.39, 0.29) is 17.3 Å². The molecule has 0 spiro atoms. The first-order chi connectivity index (χ1) is 9.12. The Labute approximate surface area is 124 Å². The van der Waals surface area contributed by atoms with Crippen molar-refractivity contribution in [3.8, 4) is 0 Å². The first kappa shape index (κ1) is 17.5. The van der Waals surface area contributed by atoms with E-state index in [1.807, 2.05) is 13.8 Å². The Morgan fingerprint density at radius 2 is 1.85 bits per heavy atom. The standard InChI is InChI=1S/C17H32O3/c1-12(2)14(15(18)20-6)17(19)10-7-8-13(9-11-17)16(3,4)5/h12-14,19H,7-11H2,1-6H3. The quantitative estimate of drug-likeness (QED) is 0.633. The van der Waals surface area contributed by atoms with Crippen LogP contribution in [0.3, 0.4) is 0 Å². The lowest BCUT2D eigenvalue weighted by Crippen LogP contribution is -2.45. The summed E-state index contributed by atoms with van der Waals surface area (Å²) in [6, 6.07) is 0. The largest absolute Gasteiger partial charge is 0.469 e. The molecule has 3 atom stereocenters. The fraction of sp³-hybridized carbons (Fsp3) is 0.941. The van der Waals surface area contributed by atoms with Crippen LogP contribution < -0.4 is 0 Å². The van der Waals surface area contributed by atoms with Crippen LogP contribution in [0.1, 0.15) is 66.7 Å². The Kier molecular flexibility index (Phi) is 5.65.